The van der Waals surface area contributed by atoms with E-state index < -0.39 is 43.0 Å². The summed E-state index contributed by atoms with van der Waals surface area (Å²) in [5.74, 6) is -1.64. The smallest absolute Gasteiger partial charge is 0.508 e. The molecule has 1 aromatic carbocycles. The molecule has 1 aliphatic rings. The molecule has 0 radical (unpaired) electrons. The molecule has 2 aromatic rings. The number of benzene rings is 1. The molecule has 38 heavy (non-hydrogen) atoms. The normalized spacial score (nSPS) is 20.6. The summed E-state index contributed by atoms with van der Waals surface area (Å²) in [5.41, 5.74) is 1.61. The van der Waals surface area contributed by atoms with Crippen LogP contribution in [0.15, 0.2) is 48.5 Å². The van der Waals surface area contributed by atoms with Crippen molar-refractivity contribution in [2.75, 3.05) is 6.61 Å². The van der Waals surface area contributed by atoms with E-state index in [1.54, 1.807) is 25.1 Å². The van der Waals surface area contributed by atoms with Crippen LogP contribution in [0, 0.1) is 5.92 Å². The largest absolute Gasteiger partial charge is 0.531 e. The Hall–Kier alpha value is -3.08. The van der Waals surface area contributed by atoms with Crippen molar-refractivity contribution < 1.29 is 28.8 Å². The second kappa shape index (κ2) is 13.6. The highest BCUT2D eigenvalue weighted by Crippen LogP contribution is 2.28. The summed E-state index contributed by atoms with van der Waals surface area (Å²) >= 11 is 0. The number of pyridine rings is 1. The molecular weight excluding hydrogens is 485 g/mol. The van der Waals surface area contributed by atoms with Gasteiger partial charge in [-0.25, -0.2) is 4.98 Å². The highest BCUT2D eigenvalue weighted by atomic mass is 16.6. The third-order valence-corrected chi connectivity index (χ3v) is 6.42. The topological polar surface area (TPSA) is 127 Å². The maximum Gasteiger partial charge on any atom is 0.531 e. The first kappa shape index (κ1) is 29.5. The summed E-state index contributed by atoms with van der Waals surface area (Å²) in [6, 6.07) is 12.8. The van der Waals surface area contributed by atoms with Crippen molar-refractivity contribution in [2.45, 2.75) is 77.5 Å². The van der Waals surface area contributed by atoms with Gasteiger partial charge in [-0.2, -0.15) is 0 Å². The van der Waals surface area contributed by atoms with E-state index in [-0.39, 0.29) is 29.9 Å². The third-order valence-electron chi connectivity index (χ3n) is 6.42. The zero-order chi connectivity index (χ0) is 27.8. The lowest BCUT2D eigenvalue weighted by atomic mass is 9.64. The highest BCUT2D eigenvalue weighted by molar-refractivity contribution is 6.49. The second-order valence-electron chi connectivity index (χ2n) is 10.5. The number of Topliss-reactive ketones (excluding diaryl/α,β-unsaturated/α-hetero) is 1. The number of carbonyl (C=O) groups excluding carboxylic acids is 3. The second-order valence-corrected chi connectivity index (χ2v) is 10.5. The molecule has 0 bridgehead atoms. The quantitative estimate of drug-likeness (QED) is 0.406. The van der Waals surface area contributed by atoms with Crippen molar-refractivity contribution in [2.24, 2.45) is 5.92 Å². The van der Waals surface area contributed by atoms with Gasteiger partial charge in [-0.05, 0) is 45.2 Å². The summed E-state index contributed by atoms with van der Waals surface area (Å²) in [5, 5.41) is 16.2. The fourth-order valence-corrected chi connectivity index (χ4v) is 4.56. The summed E-state index contributed by atoms with van der Waals surface area (Å²) in [6.07, 6.45) is -0.630. The number of hydrogen-bond donors (Lipinski definition) is 3. The van der Waals surface area contributed by atoms with Gasteiger partial charge in [0.25, 0.3) is 5.91 Å². The van der Waals surface area contributed by atoms with E-state index in [4.69, 9.17) is 9.31 Å². The lowest BCUT2D eigenvalue weighted by Crippen LogP contribution is -2.51. The van der Waals surface area contributed by atoms with Crippen molar-refractivity contribution >= 4 is 24.8 Å². The van der Waals surface area contributed by atoms with Crippen molar-refractivity contribution in [1.29, 1.82) is 0 Å². The molecule has 1 aromatic heterocycles. The lowest BCUT2D eigenvalue weighted by Gasteiger charge is -2.31. The van der Waals surface area contributed by atoms with E-state index in [0.29, 0.717) is 18.7 Å². The number of aromatic nitrogens is 1. The van der Waals surface area contributed by atoms with Crippen LogP contribution in [0.3, 0.4) is 0 Å². The summed E-state index contributed by atoms with van der Waals surface area (Å²) < 4.78 is 11.5. The fraction of sp³-hybridized carbons (Fsp3) is 0.500. The Bertz CT molecular complexity index is 1100. The number of carbonyl (C=O) groups is 3. The SMILES string of the molecule is CC(C)C[C@H](CC(=O)[C@@H](NC(=O)c1cccc(-c2ccccc2)n1)[C@@H](C)O)B1OC[C@H](C)N[C@H](C)C(=O)O1. The maximum absolute atomic E-state index is 13.4. The molecule has 1 amide bonds. The van der Waals surface area contributed by atoms with E-state index >= 15 is 0 Å². The van der Waals surface area contributed by atoms with Crippen molar-refractivity contribution in [3.8, 4) is 11.3 Å². The summed E-state index contributed by atoms with van der Waals surface area (Å²) in [4.78, 5) is 43.5. The van der Waals surface area contributed by atoms with Crippen LogP contribution in [0.4, 0.5) is 0 Å². The Balaban J connectivity index is 1.76. The van der Waals surface area contributed by atoms with Gasteiger partial charge in [0.05, 0.1) is 11.8 Å². The van der Waals surface area contributed by atoms with E-state index in [0.717, 1.165) is 5.56 Å². The monoisotopic (exact) mass is 523 g/mol. The summed E-state index contributed by atoms with van der Waals surface area (Å²) in [7, 11) is -0.907. The van der Waals surface area contributed by atoms with Gasteiger partial charge < -0.3 is 19.7 Å². The van der Waals surface area contributed by atoms with E-state index in [2.05, 4.69) is 15.6 Å². The van der Waals surface area contributed by atoms with Crippen LogP contribution < -0.4 is 10.6 Å². The molecule has 1 fully saturated rings. The molecule has 3 N–H and O–H groups in total. The number of aliphatic hydroxyl groups excluding tert-OH is 1. The average molecular weight is 523 g/mol. The van der Waals surface area contributed by atoms with Crippen molar-refractivity contribution in [3.63, 3.8) is 0 Å². The molecule has 0 aliphatic carbocycles. The minimum Gasteiger partial charge on any atom is -0.508 e. The Morgan fingerprint density at radius 2 is 1.84 bits per heavy atom. The Morgan fingerprint density at radius 1 is 1.13 bits per heavy atom. The Kier molecular flexibility index (Phi) is 10.6. The molecule has 0 saturated carbocycles. The van der Waals surface area contributed by atoms with E-state index in [1.165, 1.54) is 6.92 Å². The Labute approximate surface area is 224 Å². The maximum atomic E-state index is 13.4. The molecule has 2 heterocycles. The number of rotatable bonds is 10. The van der Waals surface area contributed by atoms with Crippen LogP contribution in [0.25, 0.3) is 11.3 Å². The van der Waals surface area contributed by atoms with Gasteiger partial charge in [-0.3, -0.25) is 19.7 Å². The first-order valence-electron chi connectivity index (χ1n) is 13.2. The Morgan fingerprint density at radius 3 is 2.50 bits per heavy atom. The van der Waals surface area contributed by atoms with Gasteiger partial charge in [0.15, 0.2) is 5.78 Å². The number of amides is 1. The zero-order valence-corrected chi connectivity index (χ0v) is 22.7. The number of nitrogens with one attached hydrogen (secondary N) is 2. The van der Waals surface area contributed by atoms with Gasteiger partial charge in [0.2, 0.25) is 0 Å². The van der Waals surface area contributed by atoms with Crippen LogP contribution in [-0.2, 0) is 18.9 Å². The molecule has 0 spiro atoms. The van der Waals surface area contributed by atoms with E-state index in [9.17, 15) is 19.5 Å². The first-order chi connectivity index (χ1) is 18.0. The molecule has 1 saturated heterocycles. The van der Waals surface area contributed by atoms with Crippen molar-refractivity contribution in [1.82, 2.24) is 15.6 Å². The van der Waals surface area contributed by atoms with Crippen LogP contribution in [0.2, 0.25) is 5.82 Å². The molecule has 3 rings (SSSR count). The molecular formula is C28H38BN3O6. The lowest BCUT2D eigenvalue weighted by molar-refractivity contribution is -0.139. The van der Waals surface area contributed by atoms with Gasteiger partial charge in [0, 0.05) is 30.5 Å². The fourth-order valence-electron chi connectivity index (χ4n) is 4.56. The first-order valence-corrected chi connectivity index (χ1v) is 13.2. The van der Waals surface area contributed by atoms with Gasteiger partial charge in [0.1, 0.15) is 17.8 Å². The predicted molar refractivity (Wildman–Crippen MR) is 145 cm³/mol. The van der Waals surface area contributed by atoms with Crippen molar-refractivity contribution in [3.05, 3.63) is 54.2 Å². The zero-order valence-electron chi connectivity index (χ0n) is 22.7. The van der Waals surface area contributed by atoms with E-state index in [1.807, 2.05) is 51.1 Å². The van der Waals surface area contributed by atoms with Gasteiger partial charge in [-0.1, -0.05) is 50.2 Å². The molecule has 10 heteroatoms. The number of ketones is 1. The van der Waals surface area contributed by atoms with Gasteiger partial charge >= 0.3 is 13.1 Å². The molecule has 9 nitrogen and oxygen atoms in total. The molecule has 5 atom stereocenters. The number of hydrogen-bond acceptors (Lipinski definition) is 8. The third kappa shape index (κ3) is 8.21. The van der Waals surface area contributed by atoms with Crippen LogP contribution in [0.5, 0.6) is 0 Å². The average Bonchev–Trinajstić information content (AvgIpc) is 2.88. The predicted octanol–water partition coefficient (Wildman–Crippen LogP) is 3.03. The standard InChI is InChI=1S/C28H38BN3O6/c1-17(2)14-22(29-37-16-18(3)30-19(4)28(36)38-29)15-25(34)26(20(5)33)32-27(35)24-13-9-12-23(31-24)21-10-7-6-8-11-21/h6-13,17-20,22,26,30,33H,14-16H2,1-5H3,(H,32,35)/t18-,19+,20+,22+,26-/m0/s1. The molecule has 204 valence electrons. The number of aliphatic hydroxyl groups is 1. The highest BCUT2D eigenvalue weighted by Gasteiger charge is 2.40. The number of nitrogens with zero attached hydrogens (tertiary/aromatic N) is 1. The van der Waals surface area contributed by atoms with Gasteiger partial charge in [-0.15, -0.1) is 0 Å². The minimum absolute atomic E-state index is 0.0420. The molecule has 0 unspecified atom stereocenters. The molecule has 1 aliphatic heterocycles. The van der Waals surface area contributed by atoms with Crippen LogP contribution in [0.1, 0.15) is 57.9 Å². The summed E-state index contributed by atoms with van der Waals surface area (Å²) in [6.45, 7) is 9.42. The van der Waals surface area contributed by atoms with Crippen LogP contribution in [-0.4, -0.2) is 65.7 Å². The minimum atomic E-state index is -1.16. The van der Waals surface area contributed by atoms with Crippen LogP contribution >= 0.6 is 0 Å².